The molecule has 0 unspecified atom stereocenters. The molecule has 0 spiro atoms. The summed E-state index contributed by atoms with van der Waals surface area (Å²) in [6.07, 6.45) is 1.83. The number of amides is 1. The molecule has 0 aromatic carbocycles. The van der Waals surface area contributed by atoms with Gasteiger partial charge in [-0.1, -0.05) is 27.2 Å². The first-order chi connectivity index (χ1) is 9.88. The molecule has 0 aliphatic rings. The van der Waals surface area contributed by atoms with Crippen LogP contribution < -0.4 is 10.9 Å². The van der Waals surface area contributed by atoms with Gasteiger partial charge in [0.25, 0.3) is 5.56 Å². The van der Waals surface area contributed by atoms with Gasteiger partial charge >= 0.3 is 5.97 Å². The Labute approximate surface area is 123 Å². The van der Waals surface area contributed by atoms with Crippen molar-refractivity contribution in [2.24, 2.45) is 0 Å². The van der Waals surface area contributed by atoms with E-state index >= 15 is 0 Å². The van der Waals surface area contributed by atoms with E-state index < -0.39 is 11.5 Å². The Balaban J connectivity index is 3.07. The number of carboxylic acids is 1. The van der Waals surface area contributed by atoms with Gasteiger partial charge in [-0.05, 0) is 24.5 Å². The maximum atomic E-state index is 12.2. The van der Waals surface area contributed by atoms with E-state index in [1.54, 1.807) is 6.07 Å². The number of nitrogens with zero attached hydrogens (tertiary/aromatic N) is 1. The molecule has 1 rings (SSSR count). The van der Waals surface area contributed by atoms with Gasteiger partial charge in [0.05, 0.1) is 0 Å². The van der Waals surface area contributed by atoms with Crippen molar-refractivity contribution in [1.29, 1.82) is 0 Å². The lowest BCUT2D eigenvalue weighted by Crippen LogP contribution is -2.36. The third-order valence-corrected chi connectivity index (χ3v) is 3.18. The maximum Gasteiger partial charge on any atom is 0.341 e. The first-order valence-corrected chi connectivity index (χ1v) is 7.12. The van der Waals surface area contributed by atoms with Crippen LogP contribution >= 0.6 is 0 Å². The number of aromatic nitrogens is 1. The van der Waals surface area contributed by atoms with E-state index in [0.29, 0.717) is 12.2 Å². The smallest absolute Gasteiger partial charge is 0.341 e. The van der Waals surface area contributed by atoms with Crippen molar-refractivity contribution < 1.29 is 14.7 Å². The number of carbonyl (C=O) groups excluding carboxylic acids is 1. The number of rotatable bonds is 7. The van der Waals surface area contributed by atoms with Crippen molar-refractivity contribution in [2.45, 2.75) is 46.1 Å². The number of hydrogen-bond donors (Lipinski definition) is 2. The average molecular weight is 294 g/mol. The van der Waals surface area contributed by atoms with Gasteiger partial charge in [-0.15, -0.1) is 0 Å². The molecular formula is C15H22N2O4. The topological polar surface area (TPSA) is 88.4 Å². The van der Waals surface area contributed by atoms with Gasteiger partial charge in [0.1, 0.15) is 12.1 Å². The van der Waals surface area contributed by atoms with Crippen molar-refractivity contribution in [2.75, 3.05) is 6.54 Å². The van der Waals surface area contributed by atoms with Crippen molar-refractivity contribution in [3.63, 3.8) is 0 Å². The lowest BCUT2D eigenvalue weighted by Gasteiger charge is -2.16. The number of carbonyl (C=O) groups is 2. The Bertz CT molecular complexity index is 576. The van der Waals surface area contributed by atoms with Crippen molar-refractivity contribution in [3.05, 3.63) is 33.7 Å². The second-order valence-electron chi connectivity index (χ2n) is 5.23. The molecule has 116 valence electrons. The minimum atomic E-state index is -1.28. The zero-order valence-electron chi connectivity index (χ0n) is 12.7. The zero-order valence-corrected chi connectivity index (χ0v) is 12.7. The highest BCUT2D eigenvalue weighted by molar-refractivity contribution is 5.87. The average Bonchev–Trinajstić information content (AvgIpc) is 2.40. The Hall–Kier alpha value is -2.11. The van der Waals surface area contributed by atoms with Gasteiger partial charge in [-0.3, -0.25) is 9.59 Å². The summed E-state index contributed by atoms with van der Waals surface area (Å²) in [5, 5.41) is 11.7. The van der Waals surface area contributed by atoms with Gasteiger partial charge in [0.2, 0.25) is 5.91 Å². The van der Waals surface area contributed by atoms with E-state index in [0.717, 1.165) is 12.8 Å². The lowest BCUT2D eigenvalue weighted by atomic mass is 10.1. The molecule has 0 saturated carbocycles. The highest BCUT2D eigenvalue weighted by Gasteiger charge is 2.17. The Morgan fingerprint density at radius 3 is 2.52 bits per heavy atom. The van der Waals surface area contributed by atoms with Gasteiger partial charge in [0.15, 0.2) is 0 Å². The van der Waals surface area contributed by atoms with E-state index in [1.165, 1.54) is 10.6 Å². The molecule has 6 nitrogen and oxygen atoms in total. The summed E-state index contributed by atoms with van der Waals surface area (Å²) >= 11 is 0. The zero-order chi connectivity index (χ0) is 16.0. The van der Waals surface area contributed by atoms with E-state index in [1.807, 2.05) is 20.8 Å². The largest absolute Gasteiger partial charge is 0.477 e. The standard InChI is InChI=1S/C15H22N2O4/c1-4-5-8-16-13(18)9-17-12(10(2)3)7-6-11(14(17)19)15(20)21/h6-7,10H,4-5,8-9H2,1-3H3,(H,16,18)(H,20,21). The Kier molecular flexibility index (Phi) is 6.14. The molecule has 0 aliphatic heterocycles. The number of carboxylic acid groups (broad SMARTS) is 1. The van der Waals surface area contributed by atoms with Crippen LogP contribution in [-0.4, -0.2) is 28.1 Å². The number of nitrogens with one attached hydrogen (secondary N) is 1. The lowest BCUT2D eigenvalue weighted by molar-refractivity contribution is -0.121. The fourth-order valence-electron chi connectivity index (χ4n) is 2.03. The summed E-state index contributed by atoms with van der Waals surface area (Å²) in [5.74, 6) is -1.55. The number of hydrogen-bond acceptors (Lipinski definition) is 3. The third-order valence-electron chi connectivity index (χ3n) is 3.18. The van der Waals surface area contributed by atoms with E-state index in [9.17, 15) is 14.4 Å². The van der Waals surface area contributed by atoms with Gasteiger partial charge < -0.3 is 15.0 Å². The highest BCUT2D eigenvalue weighted by atomic mass is 16.4. The molecule has 1 heterocycles. The van der Waals surface area contributed by atoms with Crippen molar-refractivity contribution >= 4 is 11.9 Å². The van der Waals surface area contributed by atoms with Crippen LogP contribution in [0.4, 0.5) is 0 Å². The van der Waals surface area contributed by atoms with Crippen molar-refractivity contribution in [1.82, 2.24) is 9.88 Å². The predicted octanol–water partition coefficient (Wildman–Crippen LogP) is 1.59. The molecular weight excluding hydrogens is 272 g/mol. The van der Waals surface area contributed by atoms with Crippen LogP contribution in [0.15, 0.2) is 16.9 Å². The fourth-order valence-corrected chi connectivity index (χ4v) is 2.03. The summed E-state index contributed by atoms with van der Waals surface area (Å²) < 4.78 is 1.25. The Morgan fingerprint density at radius 2 is 2.00 bits per heavy atom. The van der Waals surface area contributed by atoms with E-state index in [2.05, 4.69) is 5.32 Å². The van der Waals surface area contributed by atoms with Crippen LogP contribution in [0.1, 0.15) is 55.6 Å². The molecule has 0 saturated heterocycles. The molecule has 0 radical (unpaired) electrons. The summed E-state index contributed by atoms with van der Waals surface area (Å²) in [5.41, 5.74) is -0.309. The second-order valence-corrected chi connectivity index (χ2v) is 5.23. The minimum absolute atomic E-state index is 0.0176. The molecule has 0 aliphatic carbocycles. The fraction of sp³-hybridized carbons (Fsp3) is 0.533. The summed E-state index contributed by atoms with van der Waals surface area (Å²) in [6, 6.07) is 2.89. The highest BCUT2D eigenvalue weighted by Crippen LogP contribution is 2.13. The van der Waals surface area contributed by atoms with Crippen LogP contribution in [0.5, 0.6) is 0 Å². The molecule has 1 aromatic rings. The number of pyridine rings is 1. The first kappa shape index (κ1) is 16.9. The summed E-state index contributed by atoms with van der Waals surface area (Å²) in [6.45, 7) is 6.20. The summed E-state index contributed by atoms with van der Waals surface area (Å²) in [7, 11) is 0. The molecule has 0 bridgehead atoms. The minimum Gasteiger partial charge on any atom is -0.477 e. The molecule has 1 amide bonds. The van der Waals surface area contributed by atoms with Gasteiger partial charge in [-0.2, -0.15) is 0 Å². The molecule has 0 atom stereocenters. The molecule has 0 fully saturated rings. The molecule has 2 N–H and O–H groups in total. The van der Waals surface area contributed by atoms with Gasteiger partial charge in [0, 0.05) is 12.2 Å². The third kappa shape index (κ3) is 4.44. The van der Waals surface area contributed by atoms with Gasteiger partial charge in [-0.25, -0.2) is 4.79 Å². The van der Waals surface area contributed by atoms with Crippen LogP contribution in [-0.2, 0) is 11.3 Å². The maximum absolute atomic E-state index is 12.2. The SMILES string of the molecule is CCCCNC(=O)Cn1c(C(C)C)ccc(C(=O)O)c1=O. The van der Waals surface area contributed by atoms with Crippen LogP contribution in [0, 0.1) is 0 Å². The van der Waals surface area contributed by atoms with Crippen LogP contribution in [0.3, 0.4) is 0 Å². The normalized spacial score (nSPS) is 10.7. The monoisotopic (exact) mass is 294 g/mol. The number of unbranched alkanes of at least 4 members (excludes halogenated alkanes) is 1. The quantitative estimate of drug-likeness (QED) is 0.747. The Morgan fingerprint density at radius 1 is 1.33 bits per heavy atom. The summed E-state index contributed by atoms with van der Waals surface area (Å²) in [4.78, 5) is 35.1. The molecule has 6 heteroatoms. The second kappa shape index (κ2) is 7.61. The molecule has 21 heavy (non-hydrogen) atoms. The predicted molar refractivity (Wildman–Crippen MR) is 79.7 cm³/mol. The van der Waals surface area contributed by atoms with E-state index in [-0.39, 0.29) is 23.9 Å². The first-order valence-electron chi connectivity index (χ1n) is 7.12. The number of aromatic carboxylic acids is 1. The molecule has 1 aromatic heterocycles. The van der Waals surface area contributed by atoms with E-state index in [4.69, 9.17) is 5.11 Å². The van der Waals surface area contributed by atoms with Crippen LogP contribution in [0.2, 0.25) is 0 Å². The van der Waals surface area contributed by atoms with Crippen LogP contribution in [0.25, 0.3) is 0 Å². The van der Waals surface area contributed by atoms with Crippen molar-refractivity contribution in [3.8, 4) is 0 Å².